The Morgan fingerprint density at radius 3 is 2.94 bits per heavy atom. The van der Waals surface area contributed by atoms with E-state index in [4.69, 9.17) is 32.5 Å². The number of nitrogens with two attached hydrogens (primary N) is 1. The first kappa shape index (κ1) is 23.8. The SMILES string of the molecule is NS(=O)O/C=C1\CCC(Nc2ncncc2C(=O)c2cc(Cc3ccc(Cl)c(Cl)c3)cs2)C1. The molecule has 1 aromatic carbocycles. The minimum atomic E-state index is -1.83. The zero-order chi connectivity index (χ0) is 23.4. The van der Waals surface area contributed by atoms with Gasteiger partial charge in [0.15, 0.2) is 0 Å². The van der Waals surface area contributed by atoms with Crippen molar-refractivity contribution in [1.82, 2.24) is 9.97 Å². The van der Waals surface area contributed by atoms with Gasteiger partial charge in [-0.2, -0.15) is 4.21 Å². The fraction of sp³-hybridized carbons (Fsp3) is 0.227. The summed E-state index contributed by atoms with van der Waals surface area (Å²) in [6, 6.07) is 7.47. The lowest BCUT2D eigenvalue weighted by Gasteiger charge is -2.14. The van der Waals surface area contributed by atoms with Gasteiger partial charge in [0.25, 0.3) is 11.3 Å². The molecule has 1 aliphatic carbocycles. The molecule has 1 fully saturated rings. The lowest BCUT2D eigenvalue weighted by Crippen LogP contribution is -2.18. The Morgan fingerprint density at radius 2 is 2.15 bits per heavy atom. The molecule has 0 bridgehead atoms. The summed E-state index contributed by atoms with van der Waals surface area (Å²) in [5.41, 5.74) is 3.44. The van der Waals surface area contributed by atoms with E-state index in [1.807, 2.05) is 23.6 Å². The molecular formula is C22H20Cl2N4O3S2. The molecular weight excluding hydrogens is 503 g/mol. The molecule has 2 atom stereocenters. The molecule has 3 N–H and O–H groups in total. The number of benzene rings is 1. The van der Waals surface area contributed by atoms with Crippen molar-refractivity contribution in [2.75, 3.05) is 5.32 Å². The van der Waals surface area contributed by atoms with E-state index >= 15 is 0 Å². The Hall–Kier alpha value is -2.30. The Balaban J connectivity index is 1.46. The maximum atomic E-state index is 13.2. The molecule has 2 heterocycles. The third-order valence-corrected chi connectivity index (χ3v) is 7.20. The number of anilines is 1. The second-order valence-corrected chi connectivity index (χ2v) is 10.0. The van der Waals surface area contributed by atoms with Gasteiger partial charge in [-0.3, -0.25) is 4.79 Å². The number of nitrogens with zero attached hydrogens (tertiary/aromatic N) is 2. The van der Waals surface area contributed by atoms with Gasteiger partial charge in [-0.1, -0.05) is 29.3 Å². The number of carbonyl (C=O) groups excluding carboxylic acids is 1. The van der Waals surface area contributed by atoms with Crippen LogP contribution in [0.3, 0.4) is 0 Å². The summed E-state index contributed by atoms with van der Waals surface area (Å²) in [6.45, 7) is 0. The van der Waals surface area contributed by atoms with Crippen molar-refractivity contribution in [3.05, 3.63) is 85.6 Å². The summed E-state index contributed by atoms with van der Waals surface area (Å²) in [5.74, 6) is 0.350. The van der Waals surface area contributed by atoms with Gasteiger partial charge < -0.3 is 9.50 Å². The van der Waals surface area contributed by atoms with E-state index in [-0.39, 0.29) is 11.8 Å². The number of carbonyl (C=O) groups is 1. The molecule has 0 saturated heterocycles. The molecule has 2 aromatic heterocycles. The van der Waals surface area contributed by atoms with Gasteiger partial charge in [-0.15, -0.1) is 11.3 Å². The molecule has 33 heavy (non-hydrogen) atoms. The average molecular weight is 523 g/mol. The number of aromatic nitrogens is 2. The minimum Gasteiger partial charge on any atom is -0.397 e. The Labute approximate surface area is 207 Å². The summed E-state index contributed by atoms with van der Waals surface area (Å²) in [5, 5.41) is 11.4. The van der Waals surface area contributed by atoms with Crippen LogP contribution in [-0.2, 0) is 21.9 Å². The monoisotopic (exact) mass is 522 g/mol. The number of halogens is 2. The van der Waals surface area contributed by atoms with Gasteiger partial charge in [0.1, 0.15) is 18.4 Å². The zero-order valence-electron chi connectivity index (χ0n) is 17.3. The molecule has 172 valence electrons. The highest BCUT2D eigenvalue weighted by molar-refractivity contribution is 7.77. The van der Waals surface area contributed by atoms with Crippen LogP contribution in [0, 0.1) is 0 Å². The lowest BCUT2D eigenvalue weighted by atomic mass is 10.1. The fourth-order valence-electron chi connectivity index (χ4n) is 3.64. The van der Waals surface area contributed by atoms with Crippen LogP contribution in [-0.4, -0.2) is 26.0 Å². The number of rotatable bonds is 8. The average Bonchev–Trinajstić information content (AvgIpc) is 3.44. The van der Waals surface area contributed by atoms with Gasteiger partial charge in [-0.25, -0.2) is 15.1 Å². The molecule has 0 radical (unpaired) electrons. The van der Waals surface area contributed by atoms with Crippen LogP contribution in [0.4, 0.5) is 5.82 Å². The van der Waals surface area contributed by atoms with E-state index in [0.717, 1.165) is 29.5 Å². The molecule has 4 rings (SSSR count). The first-order chi connectivity index (χ1) is 15.9. The van der Waals surface area contributed by atoms with Gasteiger partial charge >= 0.3 is 0 Å². The Morgan fingerprint density at radius 1 is 1.30 bits per heavy atom. The third-order valence-electron chi connectivity index (χ3n) is 5.20. The van der Waals surface area contributed by atoms with Crippen molar-refractivity contribution in [1.29, 1.82) is 0 Å². The zero-order valence-corrected chi connectivity index (χ0v) is 20.4. The predicted molar refractivity (Wildman–Crippen MR) is 132 cm³/mol. The summed E-state index contributed by atoms with van der Waals surface area (Å²) in [7, 11) is 0. The van der Waals surface area contributed by atoms with Crippen LogP contribution < -0.4 is 10.5 Å². The topological polar surface area (TPSA) is 107 Å². The lowest BCUT2D eigenvalue weighted by molar-refractivity contribution is 0.104. The maximum Gasteiger partial charge on any atom is 0.284 e. The molecule has 1 saturated carbocycles. The van der Waals surface area contributed by atoms with Crippen molar-refractivity contribution >= 4 is 57.4 Å². The molecule has 7 nitrogen and oxygen atoms in total. The van der Waals surface area contributed by atoms with E-state index in [0.29, 0.717) is 39.1 Å². The van der Waals surface area contributed by atoms with E-state index in [1.165, 1.54) is 30.1 Å². The fourth-order valence-corrected chi connectivity index (χ4v) is 5.05. The Kier molecular flexibility index (Phi) is 7.77. The van der Waals surface area contributed by atoms with Crippen molar-refractivity contribution in [2.45, 2.75) is 31.7 Å². The van der Waals surface area contributed by atoms with Crippen molar-refractivity contribution in [2.24, 2.45) is 5.14 Å². The standard InChI is InChI=1S/C22H20Cl2N4O3S2/c23-18-4-2-13(7-19(18)24)5-15-8-20(32-11-15)21(29)17-9-26-12-27-22(17)28-16-3-1-14(6-16)10-31-33(25)30/h2,4,7-12,16H,1,3,5-6,25H2,(H,26,27,28)/b14-10+. The molecule has 1 aliphatic rings. The van der Waals surface area contributed by atoms with Crippen LogP contribution in [0.25, 0.3) is 0 Å². The van der Waals surface area contributed by atoms with Gasteiger partial charge in [0.2, 0.25) is 5.78 Å². The highest BCUT2D eigenvalue weighted by Crippen LogP contribution is 2.30. The summed E-state index contributed by atoms with van der Waals surface area (Å²) < 4.78 is 15.8. The minimum absolute atomic E-state index is 0.0704. The number of hydrogen-bond donors (Lipinski definition) is 2. The highest BCUT2D eigenvalue weighted by Gasteiger charge is 2.24. The van der Waals surface area contributed by atoms with Crippen LogP contribution in [0.1, 0.15) is 45.6 Å². The second kappa shape index (κ2) is 10.8. The first-order valence-corrected chi connectivity index (χ1v) is 12.8. The van der Waals surface area contributed by atoms with Crippen molar-refractivity contribution in [3.63, 3.8) is 0 Å². The molecule has 0 spiro atoms. The first-order valence-electron chi connectivity index (χ1n) is 10.0. The number of thiophene rings is 1. The molecule has 11 heteroatoms. The van der Waals surface area contributed by atoms with E-state index in [9.17, 15) is 9.00 Å². The predicted octanol–water partition coefficient (Wildman–Crippen LogP) is 5.07. The number of ketones is 1. The summed E-state index contributed by atoms with van der Waals surface area (Å²) in [6.07, 6.45) is 7.33. The van der Waals surface area contributed by atoms with Crippen molar-refractivity contribution in [3.8, 4) is 0 Å². The van der Waals surface area contributed by atoms with Crippen LogP contribution in [0.5, 0.6) is 0 Å². The van der Waals surface area contributed by atoms with Crippen LogP contribution >= 0.6 is 34.5 Å². The van der Waals surface area contributed by atoms with Gasteiger partial charge in [0, 0.05) is 12.2 Å². The normalized spacial score (nSPS) is 17.8. The summed E-state index contributed by atoms with van der Waals surface area (Å²) >= 11 is 11.7. The highest BCUT2D eigenvalue weighted by atomic mass is 35.5. The maximum absolute atomic E-state index is 13.2. The summed E-state index contributed by atoms with van der Waals surface area (Å²) in [4.78, 5) is 22.2. The van der Waals surface area contributed by atoms with Crippen LogP contribution in [0.15, 0.2) is 54.0 Å². The van der Waals surface area contributed by atoms with E-state index < -0.39 is 11.3 Å². The molecule has 3 aromatic rings. The molecule has 2 unspecified atom stereocenters. The van der Waals surface area contributed by atoms with Crippen LogP contribution in [0.2, 0.25) is 10.0 Å². The third kappa shape index (κ3) is 6.18. The Bertz CT molecular complexity index is 1230. The second-order valence-electron chi connectivity index (χ2n) is 7.58. The van der Waals surface area contributed by atoms with E-state index in [1.54, 1.807) is 6.07 Å². The smallest absolute Gasteiger partial charge is 0.284 e. The number of nitrogens with one attached hydrogen (secondary N) is 1. The van der Waals surface area contributed by atoms with Gasteiger partial charge in [-0.05, 0) is 66.0 Å². The molecule has 0 amide bonds. The van der Waals surface area contributed by atoms with Crippen molar-refractivity contribution < 1.29 is 13.2 Å². The quantitative estimate of drug-likeness (QED) is 0.316. The molecule has 0 aliphatic heterocycles. The largest absolute Gasteiger partial charge is 0.397 e. The van der Waals surface area contributed by atoms with E-state index in [2.05, 4.69) is 15.3 Å². The van der Waals surface area contributed by atoms with Gasteiger partial charge in [0.05, 0.1) is 20.5 Å². The number of hydrogen-bond acceptors (Lipinski definition) is 7.